The molecule has 2 heterocycles. The first-order valence-electron chi connectivity index (χ1n) is 12.6. The molecule has 0 aromatic heterocycles. The van der Waals surface area contributed by atoms with Gasteiger partial charge in [0.05, 0.1) is 17.6 Å². The Morgan fingerprint density at radius 2 is 1.81 bits per heavy atom. The number of hydrogen-bond donors (Lipinski definition) is 2. The number of piperidine rings is 2. The molecule has 2 saturated heterocycles. The van der Waals surface area contributed by atoms with E-state index < -0.39 is 26.9 Å². The molecule has 2 aromatic rings. The van der Waals surface area contributed by atoms with Crippen LogP contribution in [0.25, 0.3) is 0 Å². The Labute approximate surface area is 213 Å². The van der Waals surface area contributed by atoms with Crippen LogP contribution < -0.4 is 10.1 Å². The fourth-order valence-electron chi connectivity index (χ4n) is 5.00. The number of rotatable bonds is 9. The number of amides is 1. The molecule has 1 amide bonds. The van der Waals surface area contributed by atoms with Gasteiger partial charge in [0.1, 0.15) is 12.4 Å². The van der Waals surface area contributed by atoms with Crippen molar-refractivity contribution < 1.29 is 27.8 Å². The van der Waals surface area contributed by atoms with Crippen LogP contribution in [0.4, 0.5) is 0 Å². The molecule has 2 atom stereocenters. The third-order valence-corrected chi connectivity index (χ3v) is 9.17. The average molecular weight is 517 g/mol. The molecule has 0 spiro atoms. The lowest BCUT2D eigenvalue weighted by molar-refractivity contribution is -0.141. The predicted octanol–water partition coefficient (Wildman–Crippen LogP) is 2.55. The minimum atomic E-state index is -3.86. The van der Waals surface area contributed by atoms with E-state index >= 15 is 0 Å². The Morgan fingerprint density at radius 3 is 2.42 bits per heavy atom. The monoisotopic (exact) mass is 516 g/mol. The Hall–Kier alpha value is -2.46. The van der Waals surface area contributed by atoms with E-state index in [2.05, 4.69) is 5.32 Å². The number of nitrogens with zero attached hydrogens (tertiary/aromatic N) is 1. The predicted molar refractivity (Wildman–Crippen MR) is 136 cm³/mol. The number of hydrogen-bond acceptors (Lipinski definition) is 7. The average Bonchev–Trinajstić information content (AvgIpc) is 2.90. The molecule has 196 valence electrons. The largest absolute Gasteiger partial charge is 0.497 e. The number of likely N-dealkylation sites (tertiary alicyclic amines) is 1. The summed E-state index contributed by atoms with van der Waals surface area (Å²) in [5.74, 6) is 0.303. The number of nitrogens with one attached hydrogen (secondary N) is 1. The number of ether oxygens (including phenoxy) is 2. The second-order valence-corrected chi connectivity index (χ2v) is 11.7. The van der Waals surface area contributed by atoms with E-state index in [0.717, 1.165) is 18.4 Å². The van der Waals surface area contributed by atoms with Crippen molar-refractivity contribution in [1.29, 1.82) is 0 Å². The summed E-state index contributed by atoms with van der Waals surface area (Å²) in [4.78, 5) is 14.8. The van der Waals surface area contributed by atoms with Gasteiger partial charge in [-0.25, -0.2) is 8.42 Å². The molecule has 4 rings (SSSR count). The fraction of sp³-hybridized carbons (Fsp3) is 0.519. The summed E-state index contributed by atoms with van der Waals surface area (Å²) in [6.45, 7) is 1.20. The Balaban J connectivity index is 1.39. The van der Waals surface area contributed by atoms with Crippen molar-refractivity contribution in [2.45, 2.75) is 60.5 Å². The summed E-state index contributed by atoms with van der Waals surface area (Å²) in [6.07, 6.45) is 4.00. The van der Waals surface area contributed by atoms with E-state index in [0.29, 0.717) is 51.1 Å². The molecular formula is C27H36N2O6S. The minimum absolute atomic E-state index is 0.136. The molecule has 0 aliphatic carbocycles. The van der Waals surface area contributed by atoms with Crippen molar-refractivity contribution in [1.82, 2.24) is 10.2 Å². The van der Waals surface area contributed by atoms with Crippen LogP contribution in [0.1, 0.15) is 37.7 Å². The van der Waals surface area contributed by atoms with Gasteiger partial charge < -0.3 is 24.8 Å². The van der Waals surface area contributed by atoms with Crippen LogP contribution in [0.15, 0.2) is 59.5 Å². The van der Waals surface area contributed by atoms with Gasteiger partial charge in [-0.2, -0.15) is 0 Å². The van der Waals surface area contributed by atoms with E-state index in [9.17, 15) is 18.3 Å². The van der Waals surface area contributed by atoms with Gasteiger partial charge in [0, 0.05) is 25.6 Å². The fourth-order valence-corrected chi connectivity index (χ4v) is 6.70. The first-order valence-corrected chi connectivity index (χ1v) is 14.1. The number of carbonyl (C=O) groups is 1. The molecule has 2 N–H and O–H groups in total. The third-order valence-electron chi connectivity index (χ3n) is 7.16. The highest BCUT2D eigenvalue weighted by Gasteiger charge is 2.38. The zero-order valence-corrected chi connectivity index (χ0v) is 21.6. The lowest BCUT2D eigenvalue weighted by Gasteiger charge is -2.38. The van der Waals surface area contributed by atoms with Crippen LogP contribution in [-0.2, 0) is 25.8 Å². The first kappa shape index (κ1) is 26.6. The maximum absolute atomic E-state index is 13.5. The number of aliphatic hydroxyl groups is 1. The lowest BCUT2D eigenvalue weighted by atomic mass is 9.85. The Morgan fingerprint density at radius 1 is 1.11 bits per heavy atom. The standard InChI is InChI=1S/C27H36N2O6S/c1-34-22-10-12-23(13-11-22)36(32,33)26(24-9-5-6-16-28-24)35-20-25(30)29-17-14-27(31,15-18-29)19-21-7-3-2-4-8-21/h2-4,7-8,10-13,24,26,28,31H,5-6,9,14-20H2,1H3. The normalized spacial score (nSPS) is 21.1. The number of benzene rings is 2. The van der Waals surface area contributed by atoms with Gasteiger partial charge in [-0.15, -0.1) is 0 Å². The topological polar surface area (TPSA) is 105 Å². The highest BCUT2D eigenvalue weighted by atomic mass is 32.2. The summed E-state index contributed by atoms with van der Waals surface area (Å²) < 4.78 is 38.1. The second-order valence-electron chi connectivity index (χ2n) is 9.72. The molecule has 2 aliphatic rings. The van der Waals surface area contributed by atoms with Crippen LogP contribution in [0.5, 0.6) is 5.75 Å². The van der Waals surface area contributed by atoms with Gasteiger partial charge in [-0.05, 0) is 62.1 Å². The highest BCUT2D eigenvalue weighted by molar-refractivity contribution is 7.92. The number of carbonyl (C=O) groups excluding carboxylic acids is 1. The molecule has 36 heavy (non-hydrogen) atoms. The molecule has 0 radical (unpaired) electrons. The summed E-state index contributed by atoms with van der Waals surface area (Å²) in [5.41, 5.74) is -0.963. The molecule has 2 aromatic carbocycles. The van der Waals surface area contributed by atoms with E-state index in [1.807, 2.05) is 30.3 Å². The highest BCUT2D eigenvalue weighted by Crippen LogP contribution is 2.28. The molecule has 0 saturated carbocycles. The van der Waals surface area contributed by atoms with Crippen molar-refractivity contribution in [2.75, 3.05) is 33.4 Å². The molecule has 2 fully saturated rings. The van der Waals surface area contributed by atoms with Crippen molar-refractivity contribution in [3.05, 3.63) is 60.2 Å². The van der Waals surface area contributed by atoms with E-state index in [1.54, 1.807) is 17.0 Å². The maximum Gasteiger partial charge on any atom is 0.248 e. The van der Waals surface area contributed by atoms with Crippen LogP contribution >= 0.6 is 0 Å². The quantitative estimate of drug-likeness (QED) is 0.528. The molecule has 0 bridgehead atoms. The molecule has 2 aliphatic heterocycles. The van der Waals surface area contributed by atoms with Crippen molar-refractivity contribution in [2.24, 2.45) is 0 Å². The minimum Gasteiger partial charge on any atom is -0.497 e. The van der Waals surface area contributed by atoms with E-state index in [1.165, 1.54) is 19.2 Å². The third kappa shape index (κ3) is 6.45. The van der Waals surface area contributed by atoms with Crippen molar-refractivity contribution in [3.8, 4) is 5.75 Å². The van der Waals surface area contributed by atoms with Gasteiger partial charge in [0.25, 0.3) is 0 Å². The van der Waals surface area contributed by atoms with Gasteiger partial charge in [-0.1, -0.05) is 36.8 Å². The second kappa shape index (κ2) is 11.7. The molecule has 9 heteroatoms. The van der Waals surface area contributed by atoms with Gasteiger partial charge >= 0.3 is 0 Å². The summed E-state index contributed by atoms with van der Waals surface area (Å²) >= 11 is 0. The smallest absolute Gasteiger partial charge is 0.248 e. The van der Waals surface area contributed by atoms with Gasteiger partial charge in [0.2, 0.25) is 15.7 Å². The summed E-state index contributed by atoms with van der Waals surface area (Å²) in [5, 5.41) is 14.3. The van der Waals surface area contributed by atoms with Crippen LogP contribution in [-0.4, -0.2) is 74.8 Å². The van der Waals surface area contributed by atoms with Gasteiger partial charge in [-0.3, -0.25) is 4.79 Å². The van der Waals surface area contributed by atoms with Crippen LogP contribution in [0.3, 0.4) is 0 Å². The molecule has 8 nitrogen and oxygen atoms in total. The van der Waals surface area contributed by atoms with E-state index in [4.69, 9.17) is 9.47 Å². The van der Waals surface area contributed by atoms with Crippen LogP contribution in [0.2, 0.25) is 0 Å². The zero-order valence-electron chi connectivity index (χ0n) is 20.8. The van der Waals surface area contributed by atoms with E-state index in [-0.39, 0.29) is 17.4 Å². The zero-order chi connectivity index (χ0) is 25.6. The Kier molecular flexibility index (Phi) is 8.66. The summed E-state index contributed by atoms with van der Waals surface area (Å²) in [6, 6.07) is 15.7. The lowest BCUT2D eigenvalue weighted by Crippen LogP contribution is -2.51. The molecular weight excluding hydrogens is 480 g/mol. The Bertz CT molecular complexity index is 1090. The first-order chi connectivity index (χ1) is 17.3. The number of methoxy groups -OCH3 is 1. The SMILES string of the molecule is COc1ccc(S(=O)(=O)C(OCC(=O)N2CCC(O)(Cc3ccccc3)CC2)C2CCCCN2)cc1. The van der Waals surface area contributed by atoms with Gasteiger partial charge in [0.15, 0.2) is 5.44 Å². The number of sulfone groups is 1. The van der Waals surface area contributed by atoms with Crippen molar-refractivity contribution in [3.63, 3.8) is 0 Å². The molecule has 2 unspecified atom stereocenters. The maximum atomic E-state index is 13.5. The van der Waals surface area contributed by atoms with Crippen LogP contribution in [0, 0.1) is 0 Å². The summed E-state index contributed by atoms with van der Waals surface area (Å²) in [7, 11) is -2.33. The van der Waals surface area contributed by atoms with Crippen molar-refractivity contribution >= 4 is 15.7 Å².